The summed E-state index contributed by atoms with van der Waals surface area (Å²) in [6, 6.07) is 14.6. The van der Waals surface area contributed by atoms with Crippen LogP contribution in [0.3, 0.4) is 0 Å². The lowest BCUT2D eigenvalue weighted by atomic mass is 10.0. The first-order valence-corrected chi connectivity index (χ1v) is 14.7. The number of hydrogen-bond donors (Lipinski definition) is 1. The Morgan fingerprint density at radius 1 is 1.12 bits per heavy atom. The Morgan fingerprint density at radius 3 is 2.49 bits per heavy atom. The molecule has 224 valence electrons. The van der Waals surface area contributed by atoms with Gasteiger partial charge in [-0.05, 0) is 50.3 Å². The smallest absolute Gasteiger partial charge is 0.422 e. The highest BCUT2D eigenvalue weighted by molar-refractivity contribution is 7.13. The van der Waals surface area contributed by atoms with Gasteiger partial charge >= 0.3 is 6.18 Å². The molecule has 5 rings (SSSR count). The molecule has 1 fully saturated rings. The van der Waals surface area contributed by atoms with Gasteiger partial charge in [0, 0.05) is 42.1 Å². The van der Waals surface area contributed by atoms with Gasteiger partial charge in [-0.1, -0.05) is 41.4 Å². The zero-order valence-corrected chi connectivity index (χ0v) is 24.9. The summed E-state index contributed by atoms with van der Waals surface area (Å²) in [5, 5.41) is 5.94. The van der Waals surface area contributed by atoms with E-state index in [1.807, 2.05) is 26.0 Å². The quantitative estimate of drug-likeness (QED) is 0.247. The van der Waals surface area contributed by atoms with Crippen molar-refractivity contribution in [2.24, 2.45) is 0 Å². The number of thiazole rings is 1. The number of hydrogen-bond acceptors (Lipinski definition) is 6. The van der Waals surface area contributed by atoms with E-state index in [2.05, 4.69) is 5.32 Å². The van der Waals surface area contributed by atoms with Gasteiger partial charge in [0.25, 0.3) is 11.5 Å². The molecule has 1 saturated heterocycles. The van der Waals surface area contributed by atoms with E-state index in [1.54, 1.807) is 40.6 Å². The number of amides is 1. The van der Waals surface area contributed by atoms with E-state index in [0.717, 1.165) is 11.1 Å². The molecule has 2 aromatic heterocycles. The third-order valence-corrected chi connectivity index (χ3v) is 7.80. The summed E-state index contributed by atoms with van der Waals surface area (Å²) < 4.78 is 45.9. The van der Waals surface area contributed by atoms with Crippen LogP contribution in [0.5, 0.6) is 5.75 Å². The molecule has 0 aliphatic carbocycles. The van der Waals surface area contributed by atoms with Crippen molar-refractivity contribution in [2.75, 3.05) is 32.8 Å². The molecule has 3 heterocycles. The lowest BCUT2D eigenvalue weighted by Crippen LogP contribution is -2.47. The van der Waals surface area contributed by atoms with E-state index >= 15 is 0 Å². The van der Waals surface area contributed by atoms with Crippen LogP contribution in [0.15, 0.2) is 70.3 Å². The molecule has 0 atom stereocenters. The maximum absolute atomic E-state index is 14.3. The number of nitrogens with one attached hydrogen (secondary N) is 1. The second-order valence-electron chi connectivity index (χ2n) is 10.2. The summed E-state index contributed by atoms with van der Waals surface area (Å²) in [4.78, 5) is 34.8. The predicted molar refractivity (Wildman–Crippen MR) is 163 cm³/mol. The molecule has 12 heteroatoms. The molecule has 1 aliphatic heterocycles. The minimum Gasteiger partial charge on any atom is -0.482 e. The second kappa shape index (κ2) is 12.7. The Balaban J connectivity index is 1.76. The monoisotopic (exact) mass is 628 g/mol. The molecule has 7 nitrogen and oxygen atoms in total. The standard InChI is InChI=1S/C31H28ClF3N4O3S/c1-19(2)15-26-22(29(40)38-13-11-36-12-14-38)16-23(28-37-24(17-43-28)20-7-9-21(32)10-8-20)30(41)39(26)25-5-3-4-6-27(25)42-18-31(33,34)35/h3-10,15-17,36H,11-14,18H2,1-2H3. The number of allylic oxidation sites excluding steroid dienone is 1. The Morgan fingerprint density at radius 2 is 1.81 bits per heavy atom. The van der Waals surface area contributed by atoms with Gasteiger partial charge in [-0.25, -0.2) is 4.98 Å². The van der Waals surface area contributed by atoms with Crippen molar-refractivity contribution in [1.29, 1.82) is 0 Å². The molecule has 4 aromatic rings. The van der Waals surface area contributed by atoms with Crippen LogP contribution in [0.4, 0.5) is 13.2 Å². The van der Waals surface area contributed by atoms with Crippen molar-refractivity contribution in [3.8, 4) is 33.3 Å². The van der Waals surface area contributed by atoms with Crippen LogP contribution < -0.4 is 15.6 Å². The van der Waals surface area contributed by atoms with Gasteiger partial charge in [-0.2, -0.15) is 13.2 Å². The van der Waals surface area contributed by atoms with E-state index in [4.69, 9.17) is 21.3 Å². The molecule has 2 aromatic carbocycles. The summed E-state index contributed by atoms with van der Waals surface area (Å²) in [5.41, 5.74) is 2.32. The average Bonchev–Trinajstić information content (AvgIpc) is 3.46. The van der Waals surface area contributed by atoms with Gasteiger partial charge in [0.1, 0.15) is 10.8 Å². The Kier molecular flexibility index (Phi) is 9.05. The molecule has 43 heavy (non-hydrogen) atoms. The SMILES string of the molecule is CC(C)=Cc1c(C(=O)N2CCNCC2)cc(-c2nc(-c3ccc(Cl)cc3)cs2)c(=O)n1-c1ccccc1OCC(F)(F)F. The lowest BCUT2D eigenvalue weighted by molar-refractivity contribution is -0.153. The van der Waals surface area contributed by atoms with Crippen molar-refractivity contribution < 1.29 is 22.7 Å². The minimum atomic E-state index is -4.59. The first-order chi connectivity index (χ1) is 20.5. The fourth-order valence-electron chi connectivity index (χ4n) is 4.72. The normalized spacial score (nSPS) is 13.6. The first-order valence-electron chi connectivity index (χ1n) is 13.5. The molecule has 0 spiro atoms. The van der Waals surface area contributed by atoms with Crippen molar-refractivity contribution in [1.82, 2.24) is 19.8 Å². The summed E-state index contributed by atoms with van der Waals surface area (Å²) in [6.07, 6.45) is -2.91. The van der Waals surface area contributed by atoms with Crippen molar-refractivity contribution in [3.05, 3.63) is 92.2 Å². The summed E-state index contributed by atoms with van der Waals surface area (Å²) in [7, 11) is 0. The van der Waals surface area contributed by atoms with E-state index in [9.17, 15) is 22.8 Å². The predicted octanol–water partition coefficient (Wildman–Crippen LogP) is 6.69. The molecule has 1 N–H and O–H groups in total. The number of alkyl halides is 3. The zero-order chi connectivity index (χ0) is 30.7. The van der Waals surface area contributed by atoms with Gasteiger partial charge in [0.05, 0.1) is 28.2 Å². The molecule has 0 unspecified atom stereocenters. The second-order valence-corrected chi connectivity index (χ2v) is 11.5. The van der Waals surface area contributed by atoms with Crippen LogP contribution in [-0.2, 0) is 0 Å². The number of piperazine rings is 1. The number of para-hydroxylation sites is 2. The zero-order valence-electron chi connectivity index (χ0n) is 23.4. The maximum atomic E-state index is 14.3. The van der Waals surface area contributed by atoms with Crippen molar-refractivity contribution >= 4 is 34.9 Å². The molecule has 0 radical (unpaired) electrons. The van der Waals surface area contributed by atoms with Crippen molar-refractivity contribution in [2.45, 2.75) is 20.0 Å². The number of aromatic nitrogens is 2. The van der Waals surface area contributed by atoms with E-state index in [1.165, 1.54) is 34.1 Å². The number of rotatable bonds is 7. The number of ether oxygens (including phenoxy) is 1. The fourth-order valence-corrected chi connectivity index (χ4v) is 5.68. The number of benzene rings is 2. The maximum Gasteiger partial charge on any atom is 0.422 e. The van der Waals surface area contributed by atoms with Gasteiger partial charge in [-0.3, -0.25) is 14.2 Å². The largest absolute Gasteiger partial charge is 0.482 e. The summed E-state index contributed by atoms with van der Waals surface area (Å²) in [5.74, 6) is -0.448. The Bertz CT molecular complexity index is 1720. The van der Waals surface area contributed by atoms with Gasteiger partial charge < -0.3 is 15.0 Å². The number of halogens is 4. The minimum absolute atomic E-state index is 0.0786. The average molecular weight is 629 g/mol. The fraction of sp³-hybridized carbons (Fsp3) is 0.258. The van der Waals surface area contributed by atoms with Gasteiger partial charge in [0.15, 0.2) is 6.61 Å². The van der Waals surface area contributed by atoms with E-state index in [0.29, 0.717) is 41.9 Å². The number of carbonyl (C=O) groups is 1. The summed E-state index contributed by atoms with van der Waals surface area (Å²) >= 11 is 7.27. The molecule has 1 aliphatic rings. The van der Waals surface area contributed by atoms with E-state index < -0.39 is 18.3 Å². The summed E-state index contributed by atoms with van der Waals surface area (Å²) in [6.45, 7) is 4.23. The highest BCUT2D eigenvalue weighted by Crippen LogP contribution is 2.32. The van der Waals surface area contributed by atoms with Gasteiger partial charge in [0.2, 0.25) is 0 Å². The first kappa shape index (κ1) is 30.5. The number of pyridine rings is 1. The van der Waals surface area contributed by atoms with Crippen LogP contribution in [0.2, 0.25) is 5.02 Å². The number of carbonyl (C=O) groups excluding carboxylic acids is 1. The van der Waals surface area contributed by atoms with Crippen LogP contribution in [0.25, 0.3) is 33.6 Å². The van der Waals surface area contributed by atoms with Gasteiger partial charge in [-0.15, -0.1) is 11.3 Å². The number of nitrogens with zero attached hydrogens (tertiary/aromatic N) is 3. The van der Waals surface area contributed by atoms with Crippen LogP contribution in [0, 0.1) is 0 Å². The highest BCUT2D eigenvalue weighted by Gasteiger charge is 2.30. The molecule has 0 saturated carbocycles. The molecule has 0 bridgehead atoms. The Hall–Kier alpha value is -3.93. The molecular weight excluding hydrogens is 601 g/mol. The van der Waals surface area contributed by atoms with Crippen LogP contribution in [0.1, 0.15) is 29.9 Å². The van der Waals surface area contributed by atoms with Crippen LogP contribution >= 0.6 is 22.9 Å². The highest BCUT2D eigenvalue weighted by atomic mass is 35.5. The van der Waals surface area contributed by atoms with Crippen LogP contribution in [-0.4, -0.2) is 59.3 Å². The molecular formula is C31H28ClF3N4O3S. The third-order valence-electron chi connectivity index (χ3n) is 6.67. The topological polar surface area (TPSA) is 76.5 Å². The lowest BCUT2D eigenvalue weighted by Gasteiger charge is -2.29. The third kappa shape index (κ3) is 7.01. The Labute approximate surface area is 255 Å². The van der Waals surface area contributed by atoms with E-state index in [-0.39, 0.29) is 34.2 Å². The van der Waals surface area contributed by atoms with Crippen molar-refractivity contribution in [3.63, 3.8) is 0 Å². The molecule has 1 amide bonds.